The van der Waals surface area contributed by atoms with Crippen molar-refractivity contribution in [1.29, 1.82) is 0 Å². The van der Waals surface area contributed by atoms with E-state index in [4.69, 9.17) is 23.8 Å². The van der Waals surface area contributed by atoms with Crippen LogP contribution in [0.15, 0.2) is 42.6 Å². The molecule has 0 spiro atoms. The third-order valence-corrected chi connectivity index (χ3v) is 3.50. The molecule has 0 radical (unpaired) electrons. The molecule has 0 aliphatic heterocycles. The van der Waals surface area contributed by atoms with E-state index in [1.807, 2.05) is 18.2 Å². The fraction of sp³-hybridized carbons (Fsp3) is 0.200. The number of rotatable bonds is 4. The van der Waals surface area contributed by atoms with Crippen LogP contribution in [-0.4, -0.2) is 16.6 Å². The third-order valence-electron chi connectivity index (χ3n) is 2.92. The number of nitrogens with zero attached hydrogens (tertiary/aromatic N) is 1. The van der Waals surface area contributed by atoms with Crippen LogP contribution in [0.2, 0.25) is 5.02 Å². The maximum Gasteiger partial charge on any atom is 0.417 e. The van der Waals surface area contributed by atoms with Gasteiger partial charge in [0.1, 0.15) is 0 Å². The topological polar surface area (TPSA) is 37.0 Å². The van der Waals surface area contributed by atoms with Crippen molar-refractivity contribution in [2.45, 2.75) is 12.6 Å². The molecular formula is C15H13ClF3N3S. The first-order valence-corrected chi connectivity index (χ1v) is 7.46. The summed E-state index contributed by atoms with van der Waals surface area (Å²) in [4.78, 5) is 4.16. The van der Waals surface area contributed by atoms with E-state index >= 15 is 0 Å². The molecule has 0 unspecified atom stereocenters. The minimum Gasteiger partial charge on any atom is -0.362 e. The lowest BCUT2D eigenvalue weighted by molar-refractivity contribution is -0.137. The Balaban J connectivity index is 1.90. The molecular weight excluding hydrogens is 347 g/mol. The summed E-state index contributed by atoms with van der Waals surface area (Å²) in [7, 11) is 0. The molecule has 1 aromatic heterocycles. The second kappa shape index (κ2) is 7.61. The van der Waals surface area contributed by atoms with Gasteiger partial charge in [-0.2, -0.15) is 13.2 Å². The van der Waals surface area contributed by atoms with Gasteiger partial charge in [0.05, 0.1) is 10.6 Å². The average molecular weight is 360 g/mol. The van der Waals surface area contributed by atoms with Crippen LogP contribution in [0.4, 0.5) is 18.9 Å². The molecule has 0 saturated heterocycles. The minimum absolute atomic E-state index is 0.220. The van der Waals surface area contributed by atoms with Crippen molar-refractivity contribution in [3.63, 3.8) is 0 Å². The van der Waals surface area contributed by atoms with Crippen molar-refractivity contribution < 1.29 is 13.2 Å². The Morgan fingerprint density at radius 1 is 1.22 bits per heavy atom. The molecule has 0 saturated carbocycles. The Morgan fingerprint density at radius 3 is 2.65 bits per heavy atom. The number of anilines is 1. The van der Waals surface area contributed by atoms with E-state index in [2.05, 4.69) is 15.6 Å². The predicted octanol–water partition coefficient (Wildman–Crippen LogP) is 4.28. The van der Waals surface area contributed by atoms with Gasteiger partial charge in [-0.1, -0.05) is 17.7 Å². The first-order chi connectivity index (χ1) is 10.9. The summed E-state index contributed by atoms with van der Waals surface area (Å²) in [5.41, 5.74) is 0.214. The van der Waals surface area contributed by atoms with Gasteiger partial charge in [-0.25, -0.2) is 0 Å². The normalized spacial score (nSPS) is 11.1. The second-order valence-corrected chi connectivity index (χ2v) is 5.46. The molecule has 8 heteroatoms. The zero-order valence-corrected chi connectivity index (χ0v) is 13.4. The van der Waals surface area contributed by atoms with Gasteiger partial charge in [0, 0.05) is 30.5 Å². The van der Waals surface area contributed by atoms with E-state index in [1.165, 1.54) is 12.1 Å². The monoisotopic (exact) mass is 359 g/mol. The van der Waals surface area contributed by atoms with E-state index in [0.29, 0.717) is 13.0 Å². The number of hydrogen-bond donors (Lipinski definition) is 2. The molecule has 3 nitrogen and oxygen atoms in total. The Bertz CT molecular complexity index is 677. The maximum atomic E-state index is 12.8. The van der Waals surface area contributed by atoms with Gasteiger partial charge < -0.3 is 10.6 Å². The van der Waals surface area contributed by atoms with Gasteiger partial charge in [-0.3, -0.25) is 4.98 Å². The number of thiocarbonyl (C=S) groups is 1. The zero-order chi connectivity index (χ0) is 16.9. The number of halogens is 4. The Morgan fingerprint density at radius 2 is 2.00 bits per heavy atom. The number of pyridine rings is 1. The summed E-state index contributed by atoms with van der Waals surface area (Å²) < 4.78 is 38.4. The quantitative estimate of drug-likeness (QED) is 0.799. The minimum atomic E-state index is -4.51. The molecule has 2 aromatic rings. The summed E-state index contributed by atoms with van der Waals surface area (Å²) in [6, 6.07) is 9.13. The van der Waals surface area contributed by atoms with E-state index in [0.717, 1.165) is 11.8 Å². The smallest absolute Gasteiger partial charge is 0.362 e. The molecule has 1 heterocycles. The van der Waals surface area contributed by atoms with Gasteiger partial charge in [0.2, 0.25) is 0 Å². The fourth-order valence-corrected chi connectivity index (χ4v) is 2.29. The molecule has 23 heavy (non-hydrogen) atoms. The summed E-state index contributed by atoms with van der Waals surface area (Å²) in [6.07, 6.45) is -2.17. The maximum absolute atomic E-state index is 12.8. The van der Waals surface area contributed by atoms with Crippen LogP contribution in [0, 0.1) is 0 Å². The third kappa shape index (κ3) is 5.37. The van der Waals surface area contributed by atoms with Crippen molar-refractivity contribution in [1.82, 2.24) is 10.3 Å². The lowest BCUT2D eigenvalue weighted by atomic mass is 10.2. The number of hydrogen-bond acceptors (Lipinski definition) is 2. The molecule has 122 valence electrons. The van der Waals surface area contributed by atoms with Crippen molar-refractivity contribution >= 4 is 34.6 Å². The Kier molecular flexibility index (Phi) is 5.79. The number of benzene rings is 1. The fourth-order valence-electron chi connectivity index (χ4n) is 1.85. The van der Waals surface area contributed by atoms with Crippen LogP contribution >= 0.6 is 23.8 Å². The highest BCUT2D eigenvalue weighted by Gasteiger charge is 2.33. The zero-order valence-electron chi connectivity index (χ0n) is 11.8. The summed E-state index contributed by atoms with van der Waals surface area (Å²) in [5.74, 6) is 0. The molecule has 0 fully saturated rings. The number of alkyl halides is 3. The van der Waals surface area contributed by atoms with Crippen LogP contribution in [0.5, 0.6) is 0 Å². The largest absolute Gasteiger partial charge is 0.417 e. The molecule has 0 bridgehead atoms. The van der Waals surface area contributed by atoms with E-state index in [9.17, 15) is 13.2 Å². The molecule has 0 amide bonds. The lowest BCUT2D eigenvalue weighted by Crippen LogP contribution is -2.30. The van der Waals surface area contributed by atoms with Crippen LogP contribution in [-0.2, 0) is 12.6 Å². The number of aromatic nitrogens is 1. The number of nitrogens with one attached hydrogen (secondary N) is 2. The van der Waals surface area contributed by atoms with Crippen LogP contribution < -0.4 is 10.6 Å². The van der Waals surface area contributed by atoms with Gasteiger partial charge in [-0.15, -0.1) is 0 Å². The second-order valence-electron chi connectivity index (χ2n) is 4.64. The summed E-state index contributed by atoms with van der Waals surface area (Å²) in [6.45, 7) is 0.516. The summed E-state index contributed by atoms with van der Waals surface area (Å²) >= 11 is 10.6. The standard InChI is InChI=1S/C15H13ClF3N3S/c16-13-5-4-11(9-12(13)15(17,18)19)22-14(23)21-8-6-10-3-1-2-7-20-10/h1-5,7,9H,6,8H2,(H2,21,22,23). The van der Waals surface area contributed by atoms with Crippen molar-refractivity contribution in [2.24, 2.45) is 0 Å². The first-order valence-electron chi connectivity index (χ1n) is 6.68. The van der Waals surface area contributed by atoms with E-state index in [-0.39, 0.29) is 15.8 Å². The highest BCUT2D eigenvalue weighted by molar-refractivity contribution is 7.80. The lowest BCUT2D eigenvalue weighted by Gasteiger charge is -2.13. The van der Waals surface area contributed by atoms with Gasteiger partial charge in [-0.05, 0) is 42.5 Å². The van der Waals surface area contributed by atoms with Gasteiger partial charge in [0.25, 0.3) is 0 Å². The van der Waals surface area contributed by atoms with E-state index in [1.54, 1.807) is 6.20 Å². The molecule has 2 N–H and O–H groups in total. The molecule has 2 rings (SSSR count). The van der Waals surface area contributed by atoms with Crippen LogP contribution in [0.3, 0.4) is 0 Å². The van der Waals surface area contributed by atoms with Gasteiger partial charge in [0.15, 0.2) is 5.11 Å². The average Bonchev–Trinajstić information content (AvgIpc) is 2.49. The van der Waals surface area contributed by atoms with Gasteiger partial charge >= 0.3 is 6.18 Å². The van der Waals surface area contributed by atoms with Crippen molar-refractivity contribution in [3.05, 3.63) is 58.9 Å². The molecule has 0 atom stereocenters. The molecule has 1 aromatic carbocycles. The highest BCUT2D eigenvalue weighted by Crippen LogP contribution is 2.36. The van der Waals surface area contributed by atoms with Crippen LogP contribution in [0.1, 0.15) is 11.3 Å². The molecule has 0 aliphatic carbocycles. The highest BCUT2D eigenvalue weighted by atomic mass is 35.5. The molecule has 0 aliphatic rings. The van der Waals surface area contributed by atoms with Crippen molar-refractivity contribution in [2.75, 3.05) is 11.9 Å². The first kappa shape index (κ1) is 17.5. The predicted molar refractivity (Wildman–Crippen MR) is 88.6 cm³/mol. The Labute approximate surface area is 141 Å². The summed E-state index contributed by atoms with van der Waals surface area (Å²) in [5, 5.41) is 5.51. The Hall–Kier alpha value is -1.86. The van der Waals surface area contributed by atoms with Crippen LogP contribution in [0.25, 0.3) is 0 Å². The van der Waals surface area contributed by atoms with E-state index < -0.39 is 11.7 Å². The van der Waals surface area contributed by atoms with Crippen molar-refractivity contribution in [3.8, 4) is 0 Å². The SMILES string of the molecule is FC(F)(F)c1cc(NC(=S)NCCc2ccccn2)ccc1Cl.